The van der Waals surface area contributed by atoms with Gasteiger partial charge >= 0.3 is 0 Å². The van der Waals surface area contributed by atoms with Crippen molar-refractivity contribution in [2.75, 3.05) is 26.7 Å². The Morgan fingerprint density at radius 3 is 2.65 bits per heavy atom. The lowest BCUT2D eigenvalue weighted by molar-refractivity contribution is 0.0241. The van der Waals surface area contributed by atoms with Gasteiger partial charge in [-0.3, -0.25) is 4.99 Å². The minimum atomic E-state index is 0.0816. The third-order valence-electron chi connectivity index (χ3n) is 3.54. The Labute approximate surface area is 145 Å². The van der Waals surface area contributed by atoms with E-state index in [0.717, 1.165) is 37.6 Å². The maximum absolute atomic E-state index is 5.56. The van der Waals surface area contributed by atoms with E-state index >= 15 is 0 Å². The van der Waals surface area contributed by atoms with E-state index < -0.39 is 0 Å². The summed E-state index contributed by atoms with van der Waals surface area (Å²) in [5, 5.41) is 9.99. The lowest BCUT2D eigenvalue weighted by atomic mass is 9.89. The van der Waals surface area contributed by atoms with Crippen LogP contribution in [0.15, 0.2) is 10.4 Å². The van der Waals surface area contributed by atoms with Gasteiger partial charge in [0.25, 0.3) is 0 Å². The van der Waals surface area contributed by atoms with Crippen molar-refractivity contribution in [2.24, 2.45) is 10.4 Å². The Bertz CT molecular complexity index is 479. The molecule has 0 aliphatic rings. The van der Waals surface area contributed by atoms with Gasteiger partial charge in [-0.1, -0.05) is 20.8 Å². The van der Waals surface area contributed by atoms with Crippen molar-refractivity contribution in [3.05, 3.63) is 16.1 Å². The highest BCUT2D eigenvalue weighted by Gasteiger charge is 2.24. The zero-order valence-electron chi connectivity index (χ0n) is 15.4. The Morgan fingerprint density at radius 2 is 2.13 bits per heavy atom. The molecule has 132 valence electrons. The highest BCUT2D eigenvalue weighted by molar-refractivity contribution is 7.09. The molecule has 0 amide bonds. The predicted octanol–water partition coefficient (Wildman–Crippen LogP) is 3.00. The molecule has 6 heteroatoms. The van der Waals surface area contributed by atoms with E-state index in [1.165, 1.54) is 5.01 Å². The van der Waals surface area contributed by atoms with Crippen molar-refractivity contribution >= 4 is 17.3 Å². The van der Waals surface area contributed by atoms with E-state index in [1.807, 2.05) is 6.92 Å². The van der Waals surface area contributed by atoms with Crippen LogP contribution in [0.1, 0.15) is 44.8 Å². The lowest BCUT2D eigenvalue weighted by Gasteiger charge is -2.28. The van der Waals surface area contributed by atoms with E-state index in [0.29, 0.717) is 6.54 Å². The van der Waals surface area contributed by atoms with Gasteiger partial charge in [-0.25, -0.2) is 4.98 Å². The Kier molecular flexibility index (Phi) is 8.55. The standard InChI is InChI=1S/C17H32N4OS/c1-7-18-16(20-11-14(22-6)17(3,4)5)19-10-8-9-15-21-13(2)12-23-15/h12,14H,7-11H2,1-6H3,(H2,18,19,20). The molecule has 1 atom stereocenters. The van der Waals surface area contributed by atoms with Crippen molar-refractivity contribution in [3.63, 3.8) is 0 Å². The van der Waals surface area contributed by atoms with Crippen LogP contribution in [-0.2, 0) is 11.2 Å². The van der Waals surface area contributed by atoms with Crippen LogP contribution in [0.5, 0.6) is 0 Å². The molecular weight excluding hydrogens is 308 g/mol. The van der Waals surface area contributed by atoms with Crippen LogP contribution in [-0.4, -0.2) is 43.8 Å². The van der Waals surface area contributed by atoms with Gasteiger partial charge in [0, 0.05) is 37.7 Å². The minimum Gasteiger partial charge on any atom is -0.379 e. The first-order valence-corrected chi connectivity index (χ1v) is 9.20. The summed E-state index contributed by atoms with van der Waals surface area (Å²) in [6.07, 6.45) is 2.16. The second-order valence-corrected chi connectivity index (χ2v) is 7.67. The van der Waals surface area contributed by atoms with Crippen LogP contribution < -0.4 is 10.6 Å². The van der Waals surface area contributed by atoms with E-state index in [9.17, 15) is 0 Å². The summed E-state index contributed by atoms with van der Waals surface area (Å²) in [6.45, 7) is 13.0. The van der Waals surface area contributed by atoms with Gasteiger partial charge in [-0.15, -0.1) is 11.3 Å². The summed E-state index contributed by atoms with van der Waals surface area (Å²) in [6, 6.07) is 0. The molecule has 0 aliphatic carbocycles. The van der Waals surface area contributed by atoms with Crippen molar-refractivity contribution in [1.82, 2.24) is 15.6 Å². The number of hydrogen-bond acceptors (Lipinski definition) is 4. The minimum absolute atomic E-state index is 0.0816. The van der Waals surface area contributed by atoms with Gasteiger partial charge in [0.05, 0.1) is 17.7 Å². The molecule has 23 heavy (non-hydrogen) atoms. The molecule has 0 radical (unpaired) electrons. The zero-order valence-corrected chi connectivity index (χ0v) is 16.2. The fourth-order valence-electron chi connectivity index (χ4n) is 2.18. The molecule has 0 aliphatic heterocycles. The number of ether oxygens (including phenoxy) is 1. The summed E-state index contributed by atoms with van der Waals surface area (Å²) in [4.78, 5) is 9.15. The van der Waals surface area contributed by atoms with E-state index in [4.69, 9.17) is 4.74 Å². The molecule has 1 aromatic rings. The maximum atomic E-state index is 5.56. The quantitative estimate of drug-likeness (QED) is 0.434. The average Bonchev–Trinajstić information content (AvgIpc) is 2.88. The van der Waals surface area contributed by atoms with Crippen LogP contribution in [0.3, 0.4) is 0 Å². The molecule has 0 aromatic carbocycles. The number of nitrogens with one attached hydrogen (secondary N) is 2. The highest BCUT2D eigenvalue weighted by Crippen LogP contribution is 2.21. The molecular formula is C17H32N4OS. The molecule has 0 saturated heterocycles. The second-order valence-electron chi connectivity index (χ2n) is 6.72. The third kappa shape index (κ3) is 7.79. The number of thiazole rings is 1. The fraction of sp³-hybridized carbons (Fsp3) is 0.765. The van der Waals surface area contributed by atoms with Crippen molar-refractivity contribution < 1.29 is 4.74 Å². The first-order chi connectivity index (χ1) is 10.9. The van der Waals surface area contributed by atoms with Crippen LogP contribution in [0.2, 0.25) is 0 Å². The summed E-state index contributed by atoms with van der Waals surface area (Å²) in [5.74, 6) is 0.856. The maximum Gasteiger partial charge on any atom is 0.191 e. The Morgan fingerprint density at radius 1 is 1.39 bits per heavy atom. The Balaban J connectivity index is 2.42. The molecule has 1 unspecified atom stereocenters. The number of guanidine groups is 1. The number of aliphatic imine (C=N–C) groups is 1. The molecule has 0 spiro atoms. The molecule has 0 bridgehead atoms. The Hall–Kier alpha value is -1.14. The lowest BCUT2D eigenvalue weighted by Crippen LogP contribution is -2.39. The number of aryl methyl sites for hydroxylation is 2. The van der Waals surface area contributed by atoms with Gasteiger partial charge in [0.15, 0.2) is 5.96 Å². The van der Waals surface area contributed by atoms with Crippen LogP contribution >= 0.6 is 11.3 Å². The summed E-state index contributed by atoms with van der Waals surface area (Å²) in [7, 11) is 1.75. The van der Waals surface area contributed by atoms with Gasteiger partial charge in [-0.2, -0.15) is 0 Å². The van der Waals surface area contributed by atoms with Crippen LogP contribution in [0, 0.1) is 12.3 Å². The van der Waals surface area contributed by atoms with E-state index in [2.05, 4.69) is 53.7 Å². The smallest absolute Gasteiger partial charge is 0.191 e. The predicted molar refractivity (Wildman–Crippen MR) is 99.4 cm³/mol. The average molecular weight is 341 g/mol. The molecule has 2 N–H and O–H groups in total. The van der Waals surface area contributed by atoms with E-state index in [1.54, 1.807) is 18.4 Å². The largest absolute Gasteiger partial charge is 0.379 e. The molecule has 0 fully saturated rings. The number of methoxy groups -OCH3 is 1. The van der Waals surface area contributed by atoms with Crippen molar-refractivity contribution in [3.8, 4) is 0 Å². The number of nitrogens with zero attached hydrogens (tertiary/aromatic N) is 2. The molecule has 1 heterocycles. The summed E-state index contributed by atoms with van der Waals surface area (Å²) in [5.41, 5.74) is 1.19. The number of aromatic nitrogens is 1. The van der Waals surface area contributed by atoms with Crippen molar-refractivity contribution in [2.45, 2.75) is 53.6 Å². The van der Waals surface area contributed by atoms with Gasteiger partial charge in [0.2, 0.25) is 0 Å². The fourth-order valence-corrected chi connectivity index (χ4v) is 3.00. The van der Waals surface area contributed by atoms with Crippen LogP contribution in [0.4, 0.5) is 0 Å². The molecule has 1 aromatic heterocycles. The first kappa shape index (κ1) is 19.9. The van der Waals surface area contributed by atoms with E-state index in [-0.39, 0.29) is 11.5 Å². The molecule has 1 rings (SSSR count). The monoisotopic (exact) mass is 340 g/mol. The van der Waals surface area contributed by atoms with Gasteiger partial charge < -0.3 is 15.4 Å². The SMILES string of the molecule is CCNC(=NCC(OC)C(C)(C)C)NCCCc1nc(C)cs1. The zero-order chi connectivity index (χ0) is 17.3. The summed E-state index contributed by atoms with van der Waals surface area (Å²) < 4.78 is 5.56. The molecule has 0 saturated carbocycles. The normalized spacial score (nSPS) is 13.9. The topological polar surface area (TPSA) is 58.5 Å². The first-order valence-electron chi connectivity index (χ1n) is 8.32. The van der Waals surface area contributed by atoms with Gasteiger partial charge in [-0.05, 0) is 25.7 Å². The highest BCUT2D eigenvalue weighted by atomic mass is 32.1. The van der Waals surface area contributed by atoms with Gasteiger partial charge in [0.1, 0.15) is 0 Å². The second kappa shape index (κ2) is 9.88. The summed E-state index contributed by atoms with van der Waals surface area (Å²) >= 11 is 1.74. The third-order valence-corrected chi connectivity index (χ3v) is 4.56. The van der Waals surface area contributed by atoms with Crippen LogP contribution in [0.25, 0.3) is 0 Å². The van der Waals surface area contributed by atoms with Crippen molar-refractivity contribution in [1.29, 1.82) is 0 Å². The molecule has 5 nitrogen and oxygen atoms in total. The number of hydrogen-bond donors (Lipinski definition) is 2. The number of rotatable bonds is 8.